The lowest BCUT2D eigenvalue weighted by Gasteiger charge is -2.25. The highest BCUT2D eigenvalue weighted by Gasteiger charge is 2.49. The Morgan fingerprint density at radius 1 is 1.17 bits per heavy atom. The third-order valence-corrected chi connectivity index (χ3v) is 8.70. The van der Waals surface area contributed by atoms with Crippen LogP contribution in [-0.4, -0.2) is 42.3 Å². The van der Waals surface area contributed by atoms with Crippen molar-refractivity contribution < 1.29 is 13.2 Å². The maximum absolute atomic E-state index is 12.6. The topological polar surface area (TPSA) is 66.8 Å². The summed E-state index contributed by atoms with van der Waals surface area (Å²) in [6.07, 6.45) is 0.176. The Morgan fingerprint density at radius 3 is 2.62 bits per heavy atom. The van der Waals surface area contributed by atoms with Crippen molar-refractivity contribution in [2.24, 2.45) is 4.99 Å². The van der Waals surface area contributed by atoms with E-state index < -0.39 is 9.84 Å². The summed E-state index contributed by atoms with van der Waals surface area (Å²) in [7, 11) is -3.15. The third kappa shape index (κ3) is 4.48. The average molecular weight is 469 g/mol. The van der Waals surface area contributed by atoms with Gasteiger partial charge in [0.25, 0.3) is 5.91 Å². The van der Waals surface area contributed by atoms with Gasteiger partial charge in [0.2, 0.25) is 0 Å². The van der Waals surface area contributed by atoms with Crippen LogP contribution in [0, 0.1) is 6.92 Å². The number of thioether (sulfide) groups is 1. The number of nitrogens with zero attached hydrogens (tertiary/aromatic N) is 2. The fourth-order valence-electron chi connectivity index (χ4n) is 3.54. The Bertz CT molecular complexity index is 1100. The summed E-state index contributed by atoms with van der Waals surface area (Å²) in [5.41, 5.74) is 2.57. The van der Waals surface area contributed by atoms with Crippen LogP contribution in [0.25, 0.3) is 0 Å². The molecule has 2 aliphatic rings. The maximum Gasteiger partial charge on any atom is 0.252 e. The number of anilines is 1. The fraction of sp³-hybridized carbons (Fsp3) is 0.300. The van der Waals surface area contributed by atoms with E-state index in [4.69, 9.17) is 23.2 Å². The number of rotatable bonds is 3. The monoisotopic (exact) mass is 468 g/mol. The summed E-state index contributed by atoms with van der Waals surface area (Å²) < 4.78 is 24.3. The van der Waals surface area contributed by atoms with Gasteiger partial charge < -0.3 is 4.90 Å². The summed E-state index contributed by atoms with van der Waals surface area (Å²) in [6, 6.07) is 12.4. The van der Waals surface area contributed by atoms with Crippen LogP contribution in [0.2, 0.25) is 10.0 Å². The molecule has 0 saturated carbocycles. The molecule has 2 fully saturated rings. The van der Waals surface area contributed by atoms with Gasteiger partial charge in [0, 0.05) is 10.3 Å². The van der Waals surface area contributed by atoms with Gasteiger partial charge in [-0.1, -0.05) is 64.8 Å². The minimum absolute atomic E-state index is 0.00131. The van der Waals surface area contributed by atoms with Gasteiger partial charge in [-0.25, -0.2) is 8.42 Å². The molecular formula is C20H18Cl2N2O3S2. The standard InChI is InChI=1S/C20H18Cl2N2O3S2/c1-12-2-4-13(5-3-12)8-19(25)23-20-24(16-9-14(21)6-7-15(16)22)17-10-29(26,27)11-18(17)28-20/h2-7,9,17-18H,8,10-11H2,1H3/t17-,18-/m0/s1. The second kappa shape index (κ2) is 7.95. The number of fused-ring (bicyclic) bond motifs is 1. The van der Waals surface area contributed by atoms with Crippen molar-refractivity contribution in [1.29, 1.82) is 0 Å². The van der Waals surface area contributed by atoms with Crippen LogP contribution >= 0.6 is 35.0 Å². The predicted octanol–water partition coefficient (Wildman–Crippen LogP) is 4.15. The zero-order chi connectivity index (χ0) is 20.8. The molecule has 2 heterocycles. The quantitative estimate of drug-likeness (QED) is 0.676. The molecule has 0 radical (unpaired) electrons. The van der Waals surface area contributed by atoms with Crippen molar-refractivity contribution in [3.8, 4) is 0 Å². The number of hydrogen-bond acceptors (Lipinski definition) is 4. The molecule has 1 amide bonds. The highest BCUT2D eigenvalue weighted by atomic mass is 35.5. The van der Waals surface area contributed by atoms with Gasteiger partial charge in [-0.05, 0) is 30.7 Å². The smallest absolute Gasteiger partial charge is 0.252 e. The van der Waals surface area contributed by atoms with Gasteiger partial charge in [-0.3, -0.25) is 4.79 Å². The molecule has 2 saturated heterocycles. The number of amides is 1. The number of carbonyl (C=O) groups excluding carboxylic acids is 1. The van der Waals surface area contributed by atoms with E-state index in [-0.39, 0.29) is 35.1 Å². The van der Waals surface area contributed by atoms with Crippen molar-refractivity contribution in [3.05, 3.63) is 63.6 Å². The number of sulfone groups is 1. The van der Waals surface area contributed by atoms with Crippen LogP contribution in [0.15, 0.2) is 47.5 Å². The molecule has 2 aromatic rings. The first-order valence-electron chi connectivity index (χ1n) is 9.00. The zero-order valence-electron chi connectivity index (χ0n) is 15.5. The van der Waals surface area contributed by atoms with Crippen LogP contribution in [-0.2, 0) is 21.1 Å². The maximum atomic E-state index is 12.6. The molecule has 152 valence electrons. The number of aliphatic imine (C=N–C) groups is 1. The first-order chi connectivity index (χ1) is 13.7. The Labute approximate surface area is 184 Å². The molecular weight excluding hydrogens is 451 g/mol. The number of hydrogen-bond donors (Lipinski definition) is 0. The molecule has 0 bridgehead atoms. The van der Waals surface area contributed by atoms with Crippen LogP contribution < -0.4 is 4.90 Å². The third-order valence-electron chi connectivity index (χ3n) is 4.93. The first kappa shape index (κ1) is 20.7. The first-order valence-corrected chi connectivity index (χ1v) is 12.5. The molecule has 29 heavy (non-hydrogen) atoms. The minimum Gasteiger partial charge on any atom is -0.314 e. The highest BCUT2D eigenvalue weighted by Crippen LogP contribution is 2.43. The molecule has 2 aliphatic heterocycles. The van der Waals surface area contributed by atoms with E-state index in [0.29, 0.717) is 20.9 Å². The Hall–Kier alpha value is -1.54. The Balaban J connectivity index is 1.67. The Morgan fingerprint density at radius 2 is 1.90 bits per heavy atom. The Kier molecular flexibility index (Phi) is 5.68. The predicted molar refractivity (Wildman–Crippen MR) is 120 cm³/mol. The van der Waals surface area contributed by atoms with Gasteiger partial charge in [0.1, 0.15) is 0 Å². The van der Waals surface area contributed by atoms with E-state index in [9.17, 15) is 13.2 Å². The van der Waals surface area contributed by atoms with Crippen LogP contribution in [0.4, 0.5) is 5.69 Å². The number of aryl methyl sites for hydroxylation is 1. The summed E-state index contributed by atoms with van der Waals surface area (Å²) in [4.78, 5) is 18.7. The van der Waals surface area contributed by atoms with Crippen molar-refractivity contribution >= 4 is 61.6 Å². The van der Waals surface area contributed by atoms with Crippen LogP contribution in [0.5, 0.6) is 0 Å². The molecule has 0 N–H and O–H groups in total. The lowest BCUT2D eigenvalue weighted by molar-refractivity contribution is -0.117. The molecule has 0 spiro atoms. The molecule has 2 aromatic carbocycles. The average Bonchev–Trinajstić information content (AvgIpc) is 3.10. The highest BCUT2D eigenvalue weighted by molar-refractivity contribution is 8.16. The fourth-order valence-corrected chi connectivity index (χ4v) is 7.84. The van der Waals surface area contributed by atoms with Gasteiger partial charge in [-0.2, -0.15) is 4.99 Å². The van der Waals surface area contributed by atoms with Gasteiger partial charge in [-0.15, -0.1) is 0 Å². The summed E-state index contributed by atoms with van der Waals surface area (Å²) in [6.45, 7) is 1.99. The van der Waals surface area contributed by atoms with Gasteiger partial charge in [0.15, 0.2) is 15.0 Å². The summed E-state index contributed by atoms with van der Waals surface area (Å²) in [5.74, 6) is -0.233. The molecule has 9 heteroatoms. The summed E-state index contributed by atoms with van der Waals surface area (Å²) >= 11 is 13.9. The molecule has 0 aliphatic carbocycles. The van der Waals surface area contributed by atoms with E-state index in [1.54, 1.807) is 23.1 Å². The van der Waals surface area contributed by atoms with Gasteiger partial charge >= 0.3 is 0 Å². The lowest BCUT2D eigenvalue weighted by Crippen LogP contribution is -2.38. The molecule has 2 atom stereocenters. The minimum atomic E-state index is -3.15. The molecule has 5 nitrogen and oxygen atoms in total. The van der Waals surface area contributed by atoms with Crippen molar-refractivity contribution in [1.82, 2.24) is 0 Å². The van der Waals surface area contributed by atoms with Crippen LogP contribution in [0.1, 0.15) is 11.1 Å². The molecule has 0 aromatic heterocycles. The number of carbonyl (C=O) groups is 1. The number of benzene rings is 2. The largest absolute Gasteiger partial charge is 0.314 e. The second-order valence-electron chi connectivity index (χ2n) is 7.22. The van der Waals surface area contributed by atoms with E-state index >= 15 is 0 Å². The van der Waals surface area contributed by atoms with Crippen molar-refractivity contribution in [3.63, 3.8) is 0 Å². The van der Waals surface area contributed by atoms with Gasteiger partial charge in [0.05, 0.1) is 34.7 Å². The van der Waals surface area contributed by atoms with Crippen molar-refractivity contribution in [2.45, 2.75) is 24.6 Å². The van der Waals surface area contributed by atoms with E-state index in [2.05, 4.69) is 4.99 Å². The zero-order valence-corrected chi connectivity index (χ0v) is 18.7. The van der Waals surface area contributed by atoms with E-state index in [1.807, 2.05) is 31.2 Å². The lowest BCUT2D eigenvalue weighted by atomic mass is 10.1. The van der Waals surface area contributed by atoms with E-state index in [1.165, 1.54) is 11.8 Å². The van der Waals surface area contributed by atoms with E-state index in [0.717, 1.165) is 11.1 Å². The second-order valence-corrected chi connectivity index (χ2v) is 11.4. The normalized spacial score (nSPS) is 24.1. The SMILES string of the molecule is Cc1ccc(CC(=O)N=C2S[C@H]3CS(=O)(=O)C[C@@H]3N2c2cc(Cl)ccc2Cl)cc1. The number of amidine groups is 1. The van der Waals surface area contributed by atoms with Crippen molar-refractivity contribution in [2.75, 3.05) is 16.4 Å². The van der Waals surface area contributed by atoms with Crippen LogP contribution in [0.3, 0.4) is 0 Å². The molecule has 0 unspecified atom stereocenters. The summed E-state index contributed by atoms with van der Waals surface area (Å²) in [5, 5.41) is 1.18. The number of halogens is 2. The molecule has 4 rings (SSSR count).